The highest BCUT2D eigenvalue weighted by molar-refractivity contribution is 7.90. The van der Waals surface area contributed by atoms with Crippen LogP contribution in [0.5, 0.6) is 0 Å². The van der Waals surface area contributed by atoms with Crippen molar-refractivity contribution in [2.24, 2.45) is 5.92 Å². The van der Waals surface area contributed by atoms with E-state index in [0.29, 0.717) is 30.0 Å². The summed E-state index contributed by atoms with van der Waals surface area (Å²) in [5.41, 5.74) is 0. The van der Waals surface area contributed by atoms with Gasteiger partial charge in [-0.2, -0.15) is 0 Å². The molecule has 1 N–H and O–H groups in total. The maximum atomic E-state index is 12.2. The van der Waals surface area contributed by atoms with E-state index in [4.69, 9.17) is 4.42 Å². The second-order valence-electron chi connectivity index (χ2n) is 6.11. The third-order valence-electron chi connectivity index (χ3n) is 3.73. The number of hydrogen-bond donors (Lipinski definition) is 1. The molecule has 4 nitrogen and oxygen atoms in total. The second kappa shape index (κ2) is 6.76. The molecule has 114 valence electrons. The second-order valence-corrected chi connectivity index (χ2v) is 8.22. The molecule has 0 aromatic carbocycles. The molecule has 1 saturated carbocycles. The minimum absolute atomic E-state index is 0.0329. The number of furan rings is 1. The Bertz CT molecular complexity index is 513. The molecule has 1 aliphatic rings. The Labute approximate surface area is 121 Å². The van der Waals surface area contributed by atoms with Gasteiger partial charge in [0, 0.05) is 6.04 Å². The van der Waals surface area contributed by atoms with Gasteiger partial charge in [0.2, 0.25) is 0 Å². The molecule has 0 spiro atoms. The van der Waals surface area contributed by atoms with Crippen LogP contribution in [0.3, 0.4) is 0 Å². The Morgan fingerprint density at radius 1 is 1.25 bits per heavy atom. The molecule has 5 heteroatoms. The van der Waals surface area contributed by atoms with Crippen LogP contribution in [-0.2, 0) is 22.1 Å². The fourth-order valence-electron chi connectivity index (χ4n) is 2.71. The quantitative estimate of drug-likeness (QED) is 0.841. The fourth-order valence-corrected chi connectivity index (χ4v) is 4.47. The molecule has 0 atom stereocenters. The zero-order valence-electron chi connectivity index (χ0n) is 12.4. The third-order valence-corrected chi connectivity index (χ3v) is 5.43. The van der Waals surface area contributed by atoms with Crippen LogP contribution in [0.25, 0.3) is 0 Å². The maximum absolute atomic E-state index is 12.2. The predicted molar refractivity (Wildman–Crippen MR) is 80.1 cm³/mol. The van der Waals surface area contributed by atoms with Crippen molar-refractivity contribution in [2.75, 3.05) is 5.75 Å². The first-order valence-corrected chi connectivity index (χ1v) is 9.28. The van der Waals surface area contributed by atoms with Crippen molar-refractivity contribution >= 4 is 9.84 Å². The van der Waals surface area contributed by atoms with Crippen LogP contribution < -0.4 is 5.32 Å². The van der Waals surface area contributed by atoms with Crippen molar-refractivity contribution in [3.05, 3.63) is 23.7 Å². The van der Waals surface area contributed by atoms with Gasteiger partial charge in [-0.3, -0.25) is 0 Å². The third kappa shape index (κ3) is 4.94. The summed E-state index contributed by atoms with van der Waals surface area (Å²) in [6, 6.07) is 4.02. The lowest BCUT2D eigenvalue weighted by atomic mass is 10.1. The van der Waals surface area contributed by atoms with Crippen LogP contribution in [0.15, 0.2) is 16.5 Å². The highest BCUT2D eigenvalue weighted by Crippen LogP contribution is 2.27. The summed E-state index contributed by atoms with van der Waals surface area (Å²) in [5.74, 6) is 2.06. The van der Waals surface area contributed by atoms with Crippen molar-refractivity contribution < 1.29 is 12.8 Å². The summed E-state index contributed by atoms with van der Waals surface area (Å²) in [4.78, 5) is 0. The minimum atomic E-state index is -3.05. The smallest absolute Gasteiger partial charge is 0.157 e. The molecule has 0 radical (unpaired) electrons. The maximum Gasteiger partial charge on any atom is 0.157 e. The lowest BCUT2D eigenvalue weighted by Gasteiger charge is -2.08. The van der Waals surface area contributed by atoms with Crippen LogP contribution in [0.2, 0.25) is 0 Å². The average Bonchev–Trinajstić information content (AvgIpc) is 2.97. The average molecular weight is 299 g/mol. The molecule has 1 aliphatic carbocycles. The number of nitrogens with one attached hydrogen (secondary N) is 1. The van der Waals surface area contributed by atoms with Crippen LogP contribution in [0.4, 0.5) is 0 Å². The molecule has 0 saturated heterocycles. The van der Waals surface area contributed by atoms with Gasteiger partial charge in [0.05, 0.1) is 12.3 Å². The van der Waals surface area contributed by atoms with Gasteiger partial charge in [0.15, 0.2) is 9.84 Å². The van der Waals surface area contributed by atoms with Crippen molar-refractivity contribution in [1.82, 2.24) is 5.32 Å². The summed E-state index contributed by atoms with van der Waals surface area (Å²) in [6.45, 7) is 4.77. The van der Waals surface area contributed by atoms with E-state index < -0.39 is 9.84 Å². The predicted octanol–water partition coefficient (Wildman–Crippen LogP) is 2.88. The first kappa shape index (κ1) is 15.6. The van der Waals surface area contributed by atoms with E-state index >= 15 is 0 Å². The van der Waals surface area contributed by atoms with E-state index in [1.54, 1.807) is 6.07 Å². The van der Waals surface area contributed by atoms with Crippen LogP contribution in [0, 0.1) is 5.92 Å². The van der Waals surface area contributed by atoms with E-state index in [-0.39, 0.29) is 5.75 Å². The summed E-state index contributed by atoms with van der Waals surface area (Å²) in [7, 11) is -3.05. The summed E-state index contributed by atoms with van der Waals surface area (Å²) < 4.78 is 29.9. The van der Waals surface area contributed by atoms with Crippen LogP contribution in [0.1, 0.15) is 51.1 Å². The Kier molecular flexibility index (Phi) is 5.27. The Balaban J connectivity index is 1.88. The van der Waals surface area contributed by atoms with Gasteiger partial charge in [-0.25, -0.2) is 8.42 Å². The zero-order chi connectivity index (χ0) is 14.6. The van der Waals surface area contributed by atoms with Gasteiger partial charge in [0.1, 0.15) is 17.3 Å². The molecule has 1 fully saturated rings. The molecule has 1 aromatic rings. The molecule has 1 heterocycles. The van der Waals surface area contributed by atoms with Crippen molar-refractivity contribution in [1.29, 1.82) is 0 Å². The van der Waals surface area contributed by atoms with Crippen molar-refractivity contribution in [3.63, 3.8) is 0 Å². The lowest BCUT2D eigenvalue weighted by molar-refractivity contribution is 0.442. The topological polar surface area (TPSA) is 59.3 Å². The molecule has 0 bridgehead atoms. The molecule has 2 rings (SSSR count). The summed E-state index contributed by atoms with van der Waals surface area (Å²) in [6.07, 6.45) is 4.46. The van der Waals surface area contributed by atoms with Gasteiger partial charge < -0.3 is 9.73 Å². The number of sulfone groups is 1. The lowest BCUT2D eigenvalue weighted by Crippen LogP contribution is -2.21. The largest absolute Gasteiger partial charge is 0.464 e. The molecule has 0 aliphatic heterocycles. The molecule has 0 amide bonds. The molecular weight excluding hydrogens is 274 g/mol. The summed E-state index contributed by atoms with van der Waals surface area (Å²) >= 11 is 0. The number of rotatable bonds is 7. The SMILES string of the molecule is CC(C)NCc1ccc(CS(=O)(=O)CC2CCCC2)o1. The van der Waals surface area contributed by atoms with E-state index in [1.807, 2.05) is 6.07 Å². The highest BCUT2D eigenvalue weighted by Gasteiger charge is 2.23. The van der Waals surface area contributed by atoms with Gasteiger partial charge in [-0.15, -0.1) is 0 Å². The van der Waals surface area contributed by atoms with E-state index in [0.717, 1.165) is 18.6 Å². The van der Waals surface area contributed by atoms with Gasteiger partial charge in [0.25, 0.3) is 0 Å². The summed E-state index contributed by atoms with van der Waals surface area (Å²) in [5, 5.41) is 3.25. The molecule has 20 heavy (non-hydrogen) atoms. The van der Waals surface area contributed by atoms with Gasteiger partial charge in [-0.05, 0) is 30.9 Å². The Morgan fingerprint density at radius 3 is 2.55 bits per heavy atom. The Morgan fingerprint density at radius 2 is 1.90 bits per heavy atom. The van der Waals surface area contributed by atoms with Crippen molar-refractivity contribution in [2.45, 2.75) is 57.9 Å². The van der Waals surface area contributed by atoms with Crippen LogP contribution >= 0.6 is 0 Å². The van der Waals surface area contributed by atoms with E-state index in [1.165, 1.54) is 12.8 Å². The van der Waals surface area contributed by atoms with E-state index in [2.05, 4.69) is 19.2 Å². The molecule has 0 unspecified atom stereocenters. The number of hydrogen-bond acceptors (Lipinski definition) is 4. The zero-order valence-corrected chi connectivity index (χ0v) is 13.2. The first-order valence-electron chi connectivity index (χ1n) is 7.46. The monoisotopic (exact) mass is 299 g/mol. The normalized spacial score (nSPS) is 17.1. The van der Waals surface area contributed by atoms with E-state index in [9.17, 15) is 8.42 Å². The fraction of sp³-hybridized carbons (Fsp3) is 0.733. The van der Waals surface area contributed by atoms with Gasteiger partial charge in [-0.1, -0.05) is 26.7 Å². The standard InChI is InChI=1S/C15H25NO3S/c1-12(2)16-9-14-7-8-15(19-14)11-20(17,18)10-13-5-3-4-6-13/h7-8,12-13,16H,3-6,9-11H2,1-2H3. The van der Waals surface area contributed by atoms with Crippen molar-refractivity contribution in [3.8, 4) is 0 Å². The molecule has 1 aromatic heterocycles. The minimum Gasteiger partial charge on any atom is -0.464 e. The Hall–Kier alpha value is -0.810. The first-order chi connectivity index (χ1) is 9.44. The van der Waals surface area contributed by atoms with Gasteiger partial charge >= 0.3 is 0 Å². The highest BCUT2D eigenvalue weighted by atomic mass is 32.2. The van der Waals surface area contributed by atoms with Crippen LogP contribution in [-0.4, -0.2) is 20.2 Å². The molecular formula is C15H25NO3S.